The van der Waals surface area contributed by atoms with Crippen molar-refractivity contribution < 1.29 is 5.11 Å². The maximum absolute atomic E-state index is 9.59. The van der Waals surface area contributed by atoms with Crippen LogP contribution in [0.2, 0.25) is 5.02 Å². The second kappa shape index (κ2) is 3.83. The Morgan fingerprint density at radius 3 is 2.87 bits per heavy atom. The molecule has 0 radical (unpaired) electrons. The van der Waals surface area contributed by atoms with Crippen LogP contribution in [0.25, 0.3) is 11.0 Å². The van der Waals surface area contributed by atoms with E-state index in [2.05, 4.69) is 4.98 Å². The van der Waals surface area contributed by atoms with Crippen LogP contribution in [0.1, 0.15) is 25.8 Å². The molecule has 15 heavy (non-hydrogen) atoms. The van der Waals surface area contributed by atoms with Crippen molar-refractivity contribution in [3.8, 4) is 0 Å². The number of imidazole rings is 1. The standard InChI is InChI=1S/C11H13ClN2O/c1-3-14-10-6-8(12)4-5-9(10)13-11(14)7(2)15/h4-7,15H,3H2,1-2H3/t7-/m1/s1. The average molecular weight is 225 g/mol. The van der Waals surface area contributed by atoms with Crippen molar-refractivity contribution in [2.75, 3.05) is 0 Å². The molecule has 0 saturated carbocycles. The van der Waals surface area contributed by atoms with E-state index in [9.17, 15) is 5.11 Å². The predicted molar refractivity (Wildman–Crippen MR) is 61.1 cm³/mol. The Morgan fingerprint density at radius 2 is 2.27 bits per heavy atom. The molecule has 0 aliphatic carbocycles. The largest absolute Gasteiger partial charge is 0.385 e. The molecule has 2 aromatic rings. The van der Waals surface area contributed by atoms with Crippen LogP contribution in [-0.4, -0.2) is 14.7 Å². The normalized spacial score (nSPS) is 13.3. The quantitative estimate of drug-likeness (QED) is 0.852. The SMILES string of the molecule is CCn1c([C@@H](C)O)nc2ccc(Cl)cc21. The number of hydrogen-bond acceptors (Lipinski definition) is 2. The van der Waals surface area contributed by atoms with E-state index in [1.165, 1.54) is 0 Å². The molecule has 0 aliphatic heterocycles. The first-order chi connectivity index (χ1) is 7.13. The number of hydrogen-bond donors (Lipinski definition) is 1. The zero-order chi connectivity index (χ0) is 11.0. The Hall–Kier alpha value is -1.06. The van der Waals surface area contributed by atoms with Gasteiger partial charge in [-0.15, -0.1) is 0 Å². The Balaban J connectivity index is 2.74. The van der Waals surface area contributed by atoms with Gasteiger partial charge in [0.2, 0.25) is 0 Å². The van der Waals surface area contributed by atoms with Gasteiger partial charge in [-0.3, -0.25) is 0 Å². The van der Waals surface area contributed by atoms with E-state index in [-0.39, 0.29) is 0 Å². The third kappa shape index (κ3) is 1.73. The number of aliphatic hydroxyl groups excluding tert-OH is 1. The Bertz CT molecular complexity index is 491. The average Bonchev–Trinajstić information content (AvgIpc) is 2.55. The first-order valence-electron chi connectivity index (χ1n) is 4.97. The van der Waals surface area contributed by atoms with Crippen LogP contribution in [0.4, 0.5) is 0 Å². The number of aliphatic hydroxyl groups is 1. The molecule has 1 atom stereocenters. The lowest BCUT2D eigenvalue weighted by molar-refractivity contribution is 0.184. The summed E-state index contributed by atoms with van der Waals surface area (Å²) in [5.74, 6) is 0.690. The van der Waals surface area contributed by atoms with E-state index in [0.29, 0.717) is 10.8 Å². The molecule has 0 aliphatic rings. The highest BCUT2D eigenvalue weighted by atomic mass is 35.5. The van der Waals surface area contributed by atoms with Crippen LogP contribution in [-0.2, 0) is 6.54 Å². The molecule has 3 nitrogen and oxygen atoms in total. The van der Waals surface area contributed by atoms with Crippen LogP contribution in [0.3, 0.4) is 0 Å². The Labute approximate surface area is 93.3 Å². The summed E-state index contributed by atoms with van der Waals surface area (Å²) >= 11 is 5.93. The van der Waals surface area contributed by atoms with Crippen LogP contribution < -0.4 is 0 Å². The topological polar surface area (TPSA) is 38.0 Å². The fraction of sp³-hybridized carbons (Fsp3) is 0.364. The van der Waals surface area contributed by atoms with Gasteiger partial charge in [-0.2, -0.15) is 0 Å². The van der Waals surface area contributed by atoms with E-state index in [1.54, 1.807) is 6.92 Å². The van der Waals surface area contributed by atoms with Crippen molar-refractivity contribution in [2.24, 2.45) is 0 Å². The number of rotatable bonds is 2. The van der Waals surface area contributed by atoms with Crippen LogP contribution in [0, 0.1) is 0 Å². The minimum absolute atomic E-state index is 0.559. The summed E-state index contributed by atoms with van der Waals surface area (Å²) in [6, 6.07) is 5.55. The van der Waals surface area contributed by atoms with E-state index >= 15 is 0 Å². The summed E-state index contributed by atoms with van der Waals surface area (Å²) in [7, 11) is 0. The van der Waals surface area contributed by atoms with Gasteiger partial charge in [0.25, 0.3) is 0 Å². The molecule has 4 heteroatoms. The van der Waals surface area contributed by atoms with Gasteiger partial charge in [0.05, 0.1) is 11.0 Å². The van der Waals surface area contributed by atoms with Gasteiger partial charge < -0.3 is 9.67 Å². The summed E-state index contributed by atoms with van der Waals surface area (Å²) in [6.07, 6.45) is -0.559. The molecule has 0 bridgehead atoms. The third-order valence-electron chi connectivity index (χ3n) is 2.43. The molecule has 1 aromatic carbocycles. The number of nitrogens with zero attached hydrogens (tertiary/aromatic N) is 2. The molecule has 1 heterocycles. The third-order valence-corrected chi connectivity index (χ3v) is 2.66. The minimum atomic E-state index is -0.559. The van der Waals surface area contributed by atoms with Crippen molar-refractivity contribution in [1.29, 1.82) is 0 Å². The number of halogens is 1. The highest BCUT2D eigenvalue weighted by Gasteiger charge is 2.13. The zero-order valence-electron chi connectivity index (χ0n) is 8.74. The van der Waals surface area contributed by atoms with Crippen molar-refractivity contribution in [3.05, 3.63) is 29.0 Å². The van der Waals surface area contributed by atoms with Crippen molar-refractivity contribution in [2.45, 2.75) is 26.5 Å². The van der Waals surface area contributed by atoms with Gasteiger partial charge >= 0.3 is 0 Å². The number of aromatic nitrogens is 2. The molecular weight excluding hydrogens is 212 g/mol. The molecule has 0 saturated heterocycles. The zero-order valence-corrected chi connectivity index (χ0v) is 9.49. The van der Waals surface area contributed by atoms with E-state index in [1.807, 2.05) is 29.7 Å². The van der Waals surface area contributed by atoms with Crippen molar-refractivity contribution >= 4 is 22.6 Å². The molecule has 0 fully saturated rings. The van der Waals surface area contributed by atoms with E-state index in [4.69, 9.17) is 11.6 Å². The highest BCUT2D eigenvalue weighted by Crippen LogP contribution is 2.23. The van der Waals surface area contributed by atoms with Gasteiger partial charge in [0.1, 0.15) is 11.9 Å². The second-order valence-electron chi connectivity index (χ2n) is 3.52. The van der Waals surface area contributed by atoms with Gasteiger partial charge in [-0.1, -0.05) is 11.6 Å². The van der Waals surface area contributed by atoms with E-state index in [0.717, 1.165) is 17.6 Å². The van der Waals surface area contributed by atoms with Crippen LogP contribution in [0.5, 0.6) is 0 Å². The molecule has 0 amide bonds. The van der Waals surface area contributed by atoms with E-state index < -0.39 is 6.10 Å². The van der Waals surface area contributed by atoms with Gasteiger partial charge in [-0.25, -0.2) is 4.98 Å². The lowest BCUT2D eigenvalue weighted by atomic mass is 10.3. The molecule has 0 unspecified atom stereocenters. The molecule has 1 N–H and O–H groups in total. The van der Waals surface area contributed by atoms with Gasteiger partial charge in [0, 0.05) is 11.6 Å². The predicted octanol–water partition coefficient (Wildman–Crippen LogP) is 2.76. The fourth-order valence-electron chi connectivity index (χ4n) is 1.77. The lowest BCUT2D eigenvalue weighted by Crippen LogP contribution is -2.04. The van der Waals surface area contributed by atoms with Crippen LogP contribution >= 0.6 is 11.6 Å². The maximum atomic E-state index is 9.59. The summed E-state index contributed by atoms with van der Waals surface area (Å²) in [5, 5.41) is 10.3. The summed E-state index contributed by atoms with van der Waals surface area (Å²) in [4.78, 5) is 4.38. The van der Waals surface area contributed by atoms with Gasteiger partial charge in [-0.05, 0) is 32.0 Å². The van der Waals surface area contributed by atoms with Gasteiger partial charge in [0.15, 0.2) is 0 Å². The van der Waals surface area contributed by atoms with Crippen molar-refractivity contribution in [1.82, 2.24) is 9.55 Å². The molecule has 1 aromatic heterocycles. The summed E-state index contributed by atoms with van der Waals surface area (Å²) in [6.45, 7) is 4.51. The number of aryl methyl sites for hydroxylation is 1. The Morgan fingerprint density at radius 1 is 1.53 bits per heavy atom. The summed E-state index contributed by atoms with van der Waals surface area (Å²) < 4.78 is 1.98. The maximum Gasteiger partial charge on any atom is 0.138 e. The number of benzene rings is 1. The highest BCUT2D eigenvalue weighted by molar-refractivity contribution is 6.31. The monoisotopic (exact) mass is 224 g/mol. The molecular formula is C11H13ClN2O. The fourth-order valence-corrected chi connectivity index (χ4v) is 1.93. The second-order valence-corrected chi connectivity index (χ2v) is 3.96. The Kier molecular flexibility index (Phi) is 2.67. The molecule has 0 spiro atoms. The number of fused-ring (bicyclic) bond motifs is 1. The molecule has 80 valence electrons. The molecule has 2 rings (SSSR count). The summed E-state index contributed by atoms with van der Waals surface area (Å²) in [5.41, 5.74) is 1.85. The smallest absolute Gasteiger partial charge is 0.138 e. The van der Waals surface area contributed by atoms with Crippen LogP contribution in [0.15, 0.2) is 18.2 Å². The first kappa shape index (κ1) is 10.5. The van der Waals surface area contributed by atoms with Crippen molar-refractivity contribution in [3.63, 3.8) is 0 Å². The minimum Gasteiger partial charge on any atom is -0.385 e. The first-order valence-corrected chi connectivity index (χ1v) is 5.35. The lowest BCUT2D eigenvalue weighted by Gasteiger charge is -2.07.